The standard InChI is InChI=1S/C12H18N2O3S2/c1-3-4-5-18-8-10(15)14-12-13-9(7-19-12)6-11(16)17-2/h7H,3-6,8H2,1-2H3,(H,13,14,15). The van der Waals surface area contributed by atoms with Crippen molar-refractivity contribution in [3.8, 4) is 0 Å². The predicted octanol–water partition coefficient (Wildman–Crippen LogP) is 2.33. The first-order valence-electron chi connectivity index (χ1n) is 6.04. The summed E-state index contributed by atoms with van der Waals surface area (Å²) < 4.78 is 4.56. The van der Waals surface area contributed by atoms with Crippen LogP contribution in [0.25, 0.3) is 0 Å². The molecule has 0 aliphatic carbocycles. The topological polar surface area (TPSA) is 68.3 Å². The highest BCUT2D eigenvalue weighted by molar-refractivity contribution is 7.99. The van der Waals surface area contributed by atoms with Gasteiger partial charge in [0.2, 0.25) is 5.91 Å². The average molecular weight is 302 g/mol. The third-order valence-corrected chi connectivity index (χ3v) is 4.08. The summed E-state index contributed by atoms with van der Waals surface area (Å²) in [6.07, 6.45) is 2.39. The molecule has 1 heterocycles. The number of hydrogen-bond donors (Lipinski definition) is 1. The van der Waals surface area contributed by atoms with Gasteiger partial charge in [0.1, 0.15) is 0 Å². The number of amides is 1. The monoisotopic (exact) mass is 302 g/mol. The third kappa shape index (κ3) is 6.58. The van der Waals surface area contributed by atoms with Gasteiger partial charge in [0.05, 0.1) is 25.0 Å². The van der Waals surface area contributed by atoms with E-state index in [4.69, 9.17) is 0 Å². The first-order valence-corrected chi connectivity index (χ1v) is 8.08. The molecule has 0 bridgehead atoms. The SMILES string of the molecule is CCCCSCC(=O)Nc1nc(CC(=O)OC)cs1. The minimum absolute atomic E-state index is 0.0555. The van der Waals surface area contributed by atoms with Crippen LogP contribution in [0, 0.1) is 0 Å². The van der Waals surface area contributed by atoms with E-state index >= 15 is 0 Å². The summed E-state index contributed by atoms with van der Waals surface area (Å²) in [5.74, 6) is 1.04. The summed E-state index contributed by atoms with van der Waals surface area (Å²) in [7, 11) is 1.34. The zero-order valence-corrected chi connectivity index (χ0v) is 12.7. The van der Waals surface area contributed by atoms with Gasteiger partial charge in [0, 0.05) is 5.38 Å². The fourth-order valence-electron chi connectivity index (χ4n) is 1.23. The smallest absolute Gasteiger partial charge is 0.311 e. The van der Waals surface area contributed by atoms with Gasteiger partial charge >= 0.3 is 5.97 Å². The molecule has 0 unspecified atom stereocenters. The molecule has 0 aromatic carbocycles. The lowest BCUT2D eigenvalue weighted by molar-refractivity contribution is -0.139. The van der Waals surface area contributed by atoms with Crippen molar-refractivity contribution in [2.24, 2.45) is 0 Å². The zero-order valence-electron chi connectivity index (χ0n) is 11.1. The number of hydrogen-bond acceptors (Lipinski definition) is 6. The van der Waals surface area contributed by atoms with Crippen molar-refractivity contribution in [2.75, 3.05) is 23.9 Å². The highest BCUT2D eigenvalue weighted by Gasteiger charge is 2.09. The van der Waals surface area contributed by atoms with E-state index < -0.39 is 0 Å². The fourth-order valence-corrected chi connectivity index (χ4v) is 2.85. The van der Waals surface area contributed by atoms with E-state index in [-0.39, 0.29) is 18.3 Å². The number of thioether (sulfide) groups is 1. The molecule has 0 radical (unpaired) electrons. The van der Waals surface area contributed by atoms with Gasteiger partial charge in [0.25, 0.3) is 0 Å². The largest absolute Gasteiger partial charge is 0.469 e. The van der Waals surface area contributed by atoms with E-state index in [2.05, 4.69) is 22.0 Å². The van der Waals surface area contributed by atoms with Gasteiger partial charge in [-0.15, -0.1) is 11.3 Å². The van der Waals surface area contributed by atoms with Crippen LogP contribution in [0.5, 0.6) is 0 Å². The predicted molar refractivity (Wildman–Crippen MR) is 78.7 cm³/mol. The Bertz CT molecular complexity index is 421. The molecule has 1 aromatic rings. The van der Waals surface area contributed by atoms with Gasteiger partial charge in [-0.25, -0.2) is 4.98 Å². The van der Waals surface area contributed by atoms with E-state index in [9.17, 15) is 9.59 Å². The molecular weight excluding hydrogens is 284 g/mol. The van der Waals surface area contributed by atoms with Gasteiger partial charge in [-0.3, -0.25) is 9.59 Å². The molecular formula is C12H18N2O3S2. The quantitative estimate of drug-likeness (QED) is 0.589. The zero-order chi connectivity index (χ0) is 14.1. The normalized spacial score (nSPS) is 10.2. The molecule has 7 heteroatoms. The maximum atomic E-state index is 11.6. The van der Waals surface area contributed by atoms with Crippen LogP contribution >= 0.6 is 23.1 Å². The lowest BCUT2D eigenvalue weighted by atomic mass is 10.3. The Morgan fingerprint density at radius 3 is 3.00 bits per heavy atom. The number of anilines is 1. The number of carbonyl (C=O) groups excluding carboxylic acids is 2. The molecule has 0 saturated heterocycles. The number of carbonyl (C=O) groups is 2. The maximum Gasteiger partial charge on any atom is 0.311 e. The molecule has 0 atom stereocenters. The van der Waals surface area contributed by atoms with Crippen molar-refractivity contribution in [1.29, 1.82) is 0 Å². The van der Waals surface area contributed by atoms with Crippen LogP contribution < -0.4 is 5.32 Å². The molecule has 0 spiro atoms. The Labute approximate surface area is 121 Å². The van der Waals surface area contributed by atoms with Crippen LogP contribution in [-0.2, 0) is 20.7 Å². The second kappa shape index (κ2) is 8.92. The van der Waals surface area contributed by atoms with Gasteiger partial charge in [-0.2, -0.15) is 11.8 Å². The highest BCUT2D eigenvalue weighted by Crippen LogP contribution is 2.16. The number of esters is 1. The van der Waals surface area contributed by atoms with Crippen molar-refractivity contribution in [2.45, 2.75) is 26.2 Å². The molecule has 0 saturated carbocycles. The van der Waals surface area contributed by atoms with E-state index in [0.29, 0.717) is 16.6 Å². The maximum absolute atomic E-state index is 11.6. The van der Waals surface area contributed by atoms with Crippen LogP contribution in [0.4, 0.5) is 5.13 Å². The van der Waals surface area contributed by atoms with E-state index in [0.717, 1.165) is 18.6 Å². The Kier molecular flexibility index (Phi) is 7.50. The molecule has 1 rings (SSSR count). The van der Waals surface area contributed by atoms with Crippen LogP contribution in [0.15, 0.2) is 5.38 Å². The number of unbranched alkanes of at least 4 members (excludes halogenated alkanes) is 1. The molecule has 0 aliphatic heterocycles. The summed E-state index contributed by atoms with van der Waals surface area (Å²) in [6, 6.07) is 0. The van der Waals surface area contributed by atoms with Crippen LogP contribution in [0.3, 0.4) is 0 Å². The summed E-state index contributed by atoms with van der Waals surface area (Å²) in [6.45, 7) is 2.12. The molecule has 1 aromatic heterocycles. The number of aromatic nitrogens is 1. The minimum Gasteiger partial charge on any atom is -0.469 e. The van der Waals surface area contributed by atoms with Gasteiger partial charge < -0.3 is 10.1 Å². The average Bonchev–Trinajstić information content (AvgIpc) is 2.81. The van der Waals surface area contributed by atoms with Gasteiger partial charge in [0.15, 0.2) is 5.13 Å². The van der Waals surface area contributed by atoms with Crippen molar-refractivity contribution < 1.29 is 14.3 Å². The van der Waals surface area contributed by atoms with E-state index in [1.165, 1.54) is 18.4 Å². The first-order chi connectivity index (χ1) is 9.15. The van der Waals surface area contributed by atoms with Crippen molar-refractivity contribution >= 4 is 40.1 Å². The van der Waals surface area contributed by atoms with Gasteiger partial charge in [-0.05, 0) is 12.2 Å². The summed E-state index contributed by atoms with van der Waals surface area (Å²) in [5, 5.41) is 5.00. The summed E-state index contributed by atoms with van der Waals surface area (Å²) in [5.41, 5.74) is 0.616. The van der Waals surface area contributed by atoms with Crippen LogP contribution in [-0.4, -0.2) is 35.5 Å². The third-order valence-electron chi connectivity index (χ3n) is 2.23. The summed E-state index contributed by atoms with van der Waals surface area (Å²) >= 11 is 2.93. The molecule has 0 fully saturated rings. The molecule has 5 nitrogen and oxygen atoms in total. The lowest BCUT2D eigenvalue weighted by Crippen LogP contribution is -2.14. The number of ether oxygens (including phenoxy) is 1. The second-order valence-corrected chi connectivity index (χ2v) is 5.81. The lowest BCUT2D eigenvalue weighted by Gasteiger charge is -2.01. The van der Waals surface area contributed by atoms with E-state index in [1.807, 2.05) is 0 Å². The number of methoxy groups -OCH3 is 1. The number of nitrogens with one attached hydrogen (secondary N) is 1. The second-order valence-electron chi connectivity index (χ2n) is 3.85. The van der Waals surface area contributed by atoms with Crippen LogP contribution in [0.1, 0.15) is 25.5 Å². The van der Waals surface area contributed by atoms with E-state index in [1.54, 1.807) is 17.1 Å². The molecule has 106 valence electrons. The number of rotatable bonds is 8. The first kappa shape index (κ1) is 16.0. The summed E-state index contributed by atoms with van der Waals surface area (Å²) in [4.78, 5) is 26.8. The fraction of sp³-hybridized carbons (Fsp3) is 0.583. The Morgan fingerprint density at radius 2 is 2.32 bits per heavy atom. The molecule has 0 aliphatic rings. The number of nitrogens with zero attached hydrogens (tertiary/aromatic N) is 1. The minimum atomic E-state index is -0.335. The van der Waals surface area contributed by atoms with Crippen molar-refractivity contribution in [3.05, 3.63) is 11.1 Å². The highest BCUT2D eigenvalue weighted by atomic mass is 32.2. The van der Waals surface area contributed by atoms with Crippen LogP contribution in [0.2, 0.25) is 0 Å². The molecule has 1 amide bonds. The van der Waals surface area contributed by atoms with Crippen molar-refractivity contribution in [3.63, 3.8) is 0 Å². The van der Waals surface area contributed by atoms with Crippen molar-refractivity contribution in [1.82, 2.24) is 4.98 Å². The number of thiazole rings is 1. The Hall–Kier alpha value is -1.08. The Morgan fingerprint density at radius 1 is 1.53 bits per heavy atom. The molecule has 19 heavy (non-hydrogen) atoms. The van der Waals surface area contributed by atoms with Gasteiger partial charge in [-0.1, -0.05) is 13.3 Å². The molecule has 1 N–H and O–H groups in total. The Balaban J connectivity index is 2.32.